The molecule has 0 atom stereocenters. The van der Waals surface area contributed by atoms with Crippen molar-refractivity contribution in [3.8, 4) is 0 Å². The highest BCUT2D eigenvalue weighted by molar-refractivity contribution is 5.50. The number of hydrogen-bond acceptors (Lipinski definition) is 2. The Morgan fingerprint density at radius 1 is 1.24 bits per heavy atom. The van der Waals surface area contributed by atoms with Crippen LogP contribution in [-0.4, -0.2) is 19.1 Å². The molecule has 1 saturated carbocycles. The first kappa shape index (κ1) is 14.8. The van der Waals surface area contributed by atoms with E-state index in [2.05, 4.69) is 30.1 Å². The predicted octanol–water partition coefficient (Wildman–Crippen LogP) is 4.09. The molecule has 2 nitrogen and oxygen atoms in total. The summed E-state index contributed by atoms with van der Waals surface area (Å²) in [5.41, 5.74) is 2.56. The van der Waals surface area contributed by atoms with E-state index >= 15 is 0 Å². The van der Waals surface area contributed by atoms with Crippen molar-refractivity contribution in [2.24, 2.45) is 5.41 Å². The molecule has 2 fully saturated rings. The van der Waals surface area contributed by atoms with Gasteiger partial charge in [-0.3, -0.25) is 0 Å². The first-order valence-corrected chi connectivity index (χ1v) is 8.42. The fourth-order valence-electron chi connectivity index (χ4n) is 3.45. The zero-order chi connectivity index (χ0) is 14.9. The molecule has 0 bridgehead atoms. The number of nitrogens with one attached hydrogen (secondary N) is 1. The highest BCUT2D eigenvalue weighted by Gasteiger charge is 2.35. The average molecular weight is 290 g/mol. The molecule has 1 saturated heterocycles. The molecule has 116 valence electrons. The van der Waals surface area contributed by atoms with Crippen molar-refractivity contribution in [1.82, 2.24) is 5.32 Å². The van der Waals surface area contributed by atoms with E-state index in [1.807, 2.05) is 0 Å². The molecule has 1 aliphatic heterocycles. The second-order valence-corrected chi connectivity index (χ2v) is 6.85. The third-order valence-corrected chi connectivity index (χ3v) is 5.42. The predicted molar refractivity (Wildman–Crippen MR) is 86.1 cm³/mol. The van der Waals surface area contributed by atoms with Gasteiger partial charge in [-0.15, -0.1) is 0 Å². The molecule has 0 radical (unpaired) electrons. The fourth-order valence-corrected chi connectivity index (χ4v) is 3.45. The summed E-state index contributed by atoms with van der Waals surface area (Å²) in [5, 5.41) is 3.47. The zero-order valence-electron chi connectivity index (χ0n) is 13.3. The number of halogens is 1. The Hall–Kier alpha value is -1.09. The average Bonchev–Trinajstić information content (AvgIpc) is 3.22. The molecule has 0 aromatic heterocycles. The summed E-state index contributed by atoms with van der Waals surface area (Å²) in [6.45, 7) is 7.47. The SMILES string of the molecule is CCC1(CC)CCN(c2cc(F)cc(CNC3CC3)c2)C1. The minimum absolute atomic E-state index is 0.106. The van der Waals surface area contributed by atoms with Gasteiger partial charge in [0.1, 0.15) is 5.82 Å². The first-order valence-electron chi connectivity index (χ1n) is 8.42. The molecule has 1 aromatic carbocycles. The Morgan fingerprint density at radius 2 is 2.00 bits per heavy atom. The van der Waals surface area contributed by atoms with Crippen molar-refractivity contribution < 1.29 is 4.39 Å². The van der Waals surface area contributed by atoms with Gasteiger partial charge in [-0.2, -0.15) is 0 Å². The van der Waals surface area contributed by atoms with E-state index in [9.17, 15) is 4.39 Å². The topological polar surface area (TPSA) is 15.3 Å². The Labute approximate surface area is 127 Å². The molecular weight excluding hydrogens is 263 g/mol. The normalized spacial score (nSPS) is 21.0. The zero-order valence-corrected chi connectivity index (χ0v) is 13.3. The lowest BCUT2D eigenvalue weighted by atomic mass is 9.82. The molecule has 0 amide bonds. The van der Waals surface area contributed by atoms with Gasteiger partial charge in [0, 0.05) is 31.4 Å². The summed E-state index contributed by atoms with van der Waals surface area (Å²) in [4.78, 5) is 2.37. The molecule has 21 heavy (non-hydrogen) atoms. The van der Waals surface area contributed by atoms with Gasteiger partial charge in [0.25, 0.3) is 0 Å². The standard InChI is InChI=1S/C18H27FN2/c1-3-18(4-2)7-8-21(13-18)17-10-14(9-15(19)11-17)12-20-16-5-6-16/h9-11,16,20H,3-8,12-13H2,1-2H3. The quantitative estimate of drug-likeness (QED) is 0.848. The maximum Gasteiger partial charge on any atom is 0.125 e. The Balaban J connectivity index is 1.72. The van der Waals surface area contributed by atoms with Gasteiger partial charge < -0.3 is 10.2 Å². The van der Waals surface area contributed by atoms with E-state index < -0.39 is 0 Å². The van der Waals surface area contributed by atoms with Gasteiger partial charge in [0.15, 0.2) is 0 Å². The minimum atomic E-state index is -0.106. The van der Waals surface area contributed by atoms with E-state index in [0.717, 1.165) is 30.9 Å². The van der Waals surface area contributed by atoms with Crippen LogP contribution in [0.5, 0.6) is 0 Å². The van der Waals surface area contributed by atoms with Crippen LogP contribution in [0.1, 0.15) is 51.5 Å². The largest absolute Gasteiger partial charge is 0.371 e. The van der Waals surface area contributed by atoms with Crippen LogP contribution in [0.4, 0.5) is 10.1 Å². The van der Waals surface area contributed by atoms with Gasteiger partial charge in [0.05, 0.1) is 0 Å². The summed E-state index contributed by atoms with van der Waals surface area (Å²) in [5.74, 6) is -0.106. The maximum atomic E-state index is 13.9. The molecule has 1 aliphatic carbocycles. The van der Waals surface area contributed by atoms with Crippen LogP contribution >= 0.6 is 0 Å². The van der Waals surface area contributed by atoms with Crippen molar-refractivity contribution in [1.29, 1.82) is 0 Å². The number of nitrogens with zero attached hydrogens (tertiary/aromatic N) is 1. The summed E-state index contributed by atoms with van der Waals surface area (Å²) < 4.78 is 13.9. The lowest BCUT2D eigenvalue weighted by molar-refractivity contribution is 0.301. The van der Waals surface area contributed by atoms with Gasteiger partial charge in [-0.25, -0.2) is 4.39 Å². The Morgan fingerprint density at radius 3 is 2.62 bits per heavy atom. The third-order valence-electron chi connectivity index (χ3n) is 5.42. The Kier molecular flexibility index (Phi) is 4.21. The summed E-state index contributed by atoms with van der Waals surface area (Å²) >= 11 is 0. The molecule has 1 N–H and O–H groups in total. The number of rotatable bonds is 6. The second kappa shape index (κ2) is 5.96. The smallest absolute Gasteiger partial charge is 0.125 e. The molecule has 1 heterocycles. The van der Waals surface area contributed by atoms with E-state index in [4.69, 9.17) is 0 Å². The Bertz CT molecular complexity index is 492. The number of benzene rings is 1. The summed E-state index contributed by atoms with van der Waals surface area (Å²) in [7, 11) is 0. The van der Waals surface area contributed by atoms with Crippen molar-refractivity contribution in [2.75, 3.05) is 18.0 Å². The van der Waals surface area contributed by atoms with Crippen LogP contribution in [-0.2, 0) is 6.54 Å². The lowest BCUT2D eigenvalue weighted by Gasteiger charge is -2.27. The van der Waals surface area contributed by atoms with Crippen LogP contribution in [0.15, 0.2) is 18.2 Å². The van der Waals surface area contributed by atoms with E-state index in [-0.39, 0.29) is 5.82 Å². The minimum Gasteiger partial charge on any atom is -0.371 e. The highest BCUT2D eigenvalue weighted by atomic mass is 19.1. The summed E-state index contributed by atoms with van der Waals surface area (Å²) in [6, 6.07) is 6.19. The molecule has 0 spiro atoms. The summed E-state index contributed by atoms with van der Waals surface area (Å²) in [6.07, 6.45) is 6.19. The van der Waals surface area contributed by atoms with Crippen molar-refractivity contribution in [3.63, 3.8) is 0 Å². The van der Waals surface area contributed by atoms with Gasteiger partial charge in [-0.05, 0) is 61.3 Å². The number of anilines is 1. The van der Waals surface area contributed by atoms with Gasteiger partial charge in [0.2, 0.25) is 0 Å². The van der Waals surface area contributed by atoms with Gasteiger partial charge >= 0.3 is 0 Å². The second-order valence-electron chi connectivity index (χ2n) is 6.85. The third kappa shape index (κ3) is 3.39. The molecule has 0 unspecified atom stereocenters. The molecule has 3 rings (SSSR count). The molecule has 3 heteroatoms. The maximum absolute atomic E-state index is 13.9. The van der Waals surface area contributed by atoms with Crippen LogP contribution in [0.3, 0.4) is 0 Å². The van der Waals surface area contributed by atoms with Crippen LogP contribution in [0.2, 0.25) is 0 Å². The van der Waals surface area contributed by atoms with E-state index in [0.29, 0.717) is 11.5 Å². The van der Waals surface area contributed by atoms with Crippen molar-refractivity contribution >= 4 is 5.69 Å². The lowest BCUT2D eigenvalue weighted by Crippen LogP contribution is -2.26. The first-order chi connectivity index (χ1) is 10.1. The number of hydrogen-bond donors (Lipinski definition) is 1. The van der Waals surface area contributed by atoms with Gasteiger partial charge in [-0.1, -0.05) is 13.8 Å². The van der Waals surface area contributed by atoms with Crippen molar-refractivity contribution in [2.45, 2.75) is 58.5 Å². The van der Waals surface area contributed by atoms with Crippen LogP contribution < -0.4 is 10.2 Å². The highest BCUT2D eigenvalue weighted by Crippen LogP contribution is 2.39. The van der Waals surface area contributed by atoms with E-state index in [1.54, 1.807) is 12.1 Å². The molecule has 2 aliphatic rings. The van der Waals surface area contributed by atoms with Crippen molar-refractivity contribution in [3.05, 3.63) is 29.6 Å². The molecule has 1 aromatic rings. The van der Waals surface area contributed by atoms with Crippen LogP contribution in [0.25, 0.3) is 0 Å². The fraction of sp³-hybridized carbons (Fsp3) is 0.667. The van der Waals surface area contributed by atoms with Crippen LogP contribution in [0, 0.1) is 11.2 Å². The van der Waals surface area contributed by atoms with E-state index in [1.165, 1.54) is 32.1 Å². The molecular formula is C18H27FN2. The monoisotopic (exact) mass is 290 g/mol.